The normalized spacial score (nSPS) is 21.9. The van der Waals surface area contributed by atoms with Crippen molar-refractivity contribution in [3.63, 3.8) is 0 Å². The van der Waals surface area contributed by atoms with E-state index in [0.29, 0.717) is 11.7 Å². The lowest BCUT2D eigenvalue weighted by Crippen LogP contribution is -2.20. The van der Waals surface area contributed by atoms with E-state index < -0.39 is 0 Å². The van der Waals surface area contributed by atoms with Gasteiger partial charge in [-0.1, -0.05) is 6.42 Å². The monoisotopic (exact) mass is 277 g/mol. The second kappa shape index (κ2) is 5.33. The van der Waals surface area contributed by atoms with E-state index in [-0.39, 0.29) is 5.91 Å². The summed E-state index contributed by atoms with van der Waals surface area (Å²) in [5.41, 5.74) is 9.62. The number of carbonyl (C=O) groups is 1. The maximum absolute atomic E-state index is 11.4. The Hall–Kier alpha value is -1.36. The zero-order valence-corrected chi connectivity index (χ0v) is 11.7. The molecule has 3 rings (SSSR count). The molecule has 4 N–H and O–H groups in total. The largest absolute Gasteiger partial charge is 0.397 e. The molecule has 1 amide bonds. The summed E-state index contributed by atoms with van der Waals surface area (Å²) < 4.78 is 0. The van der Waals surface area contributed by atoms with Crippen LogP contribution in [0.25, 0.3) is 0 Å². The standard InChI is InChI=1S/C14H19N3OS/c15-11-5-9-6-14(18)17-12(9)7-13(11)16-8-10-3-1-2-4-19-10/h5,7,10,16H,1-4,6,8,15H2,(H,17,18). The highest BCUT2D eigenvalue weighted by Gasteiger charge is 2.20. The van der Waals surface area contributed by atoms with Crippen molar-refractivity contribution in [3.8, 4) is 0 Å². The number of carbonyl (C=O) groups excluding carboxylic acids is 1. The fourth-order valence-corrected chi connectivity index (χ4v) is 3.88. The first-order valence-corrected chi connectivity index (χ1v) is 7.85. The molecule has 5 heteroatoms. The van der Waals surface area contributed by atoms with Crippen LogP contribution in [0.15, 0.2) is 12.1 Å². The van der Waals surface area contributed by atoms with Gasteiger partial charge in [0, 0.05) is 17.5 Å². The number of hydrogen-bond donors (Lipinski definition) is 3. The van der Waals surface area contributed by atoms with E-state index in [2.05, 4.69) is 10.6 Å². The quantitative estimate of drug-likeness (QED) is 0.742. The maximum Gasteiger partial charge on any atom is 0.228 e. The summed E-state index contributed by atoms with van der Waals surface area (Å²) in [4.78, 5) is 11.4. The van der Waals surface area contributed by atoms with Crippen molar-refractivity contribution in [2.24, 2.45) is 0 Å². The highest BCUT2D eigenvalue weighted by Crippen LogP contribution is 2.32. The van der Waals surface area contributed by atoms with Crippen molar-refractivity contribution >= 4 is 34.7 Å². The third-order valence-corrected chi connectivity index (χ3v) is 5.09. The van der Waals surface area contributed by atoms with Gasteiger partial charge < -0.3 is 16.4 Å². The molecular weight excluding hydrogens is 258 g/mol. The van der Waals surface area contributed by atoms with Gasteiger partial charge in [-0.2, -0.15) is 11.8 Å². The molecular formula is C14H19N3OS. The molecule has 1 aromatic carbocycles. The zero-order valence-electron chi connectivity index (χ0n) is 10.9. The lowest BCUT2D eigenvalue weighted by Gasteiger charge is -2.22. The summed E-state index contributed by atoms with van der Waals surface area (Å²) >= 11 is 2.04. The van der Waals surface area contributed by atoms with Gasteiger partial charge in [0.25, 0.3) is 0 Å². The Kier molecular flexibility index (Phi) is 3.55. The van der Waals surface area contributed by atoms with Gasteiger partial charge in [-0.3, -0.25) is 4.79 Å². The minimum Gasteiger partial charge on any atom is -0.397 e. The molecule has 1 atom stereocenters. The second-order valence-electron chi connectivity index (χ2n) is 5.19. The minimum absolute atomic E-state index is 0.0504. The third kappa shape index (κ3) is 2.81. The molecule has 0 aliphatic carbocycles. The van der Waals surface area contributed by atoms with Crippen molar-refractivity contribution in [1.29, 1.82) is 0 Å². The predicted molar refractivity (Wildman–Crippen MR) is 81.8 cm³/mol. The van der Waals surface area contributed by atoms with Crippen LogP contribution in [-0.4, -0.2) is 23.5 Å². The van der Waals surface area contributed by atoms with Crippen LogP contribution in [-0.2, 0) is 11.2 Å². The molecule has 0 saturated carbocycles. The second-order valence-corrected chi connectivity index (χ2v) is 6.60. The summed E-state index contributed by atoms with van der Waals surface area (Å²) in [5.74, 6) is 1.32. The first kappa shape index (κ1) is 12.7. The summed E-state index contributed by atoms with van der Waals surface area (Å²) in [6.45, 7) is 0.946. The first-order valence-electron chi connectivity index (χ1n) is 6.80. The summed E-state index contributed by atoms with van der Waals surface area (Å²) in [5, 5.41) is 6.97. The Morgan fingerprint density at radius 2 is 2.32 bits per heavy atom. The van der Waals surface area contributed by atoms with Gasteiger partial charge >= 0.3 is 0 Å². The molecule has 2 aliphatic heterocycles. The number of benzene rings is 1. The van der Waals surface area contributed by atoms with E-state index in [1.807, 2.05) is 23.9 Å². The van der Waals surface area contributed by atoms with E-state index >= 15 is 0 Å². The van der Waals surface area contributed by atoms with Gasteiger partial charge in [0.1, 0.15) is 0 Å². The number of anilines is 3. The van der Waals surface area contributed by atoms with Gasteiger partial charge in [-0.05, 0) is 36.3 Å². The van der Waals surface area contributed by atoms with Gasteiger partial charge in [-0.15, -0.1) is 0 Å². The highest BCUT2D eigenvalue weighted by molar-refractivity contribution is 7.99. The van der Waals surface area contributed by atoms with Crippen LogP contribution in [0.5, 0.6) is 0 Å². The Bertz CT molecular complexity index is 498. The van der Waals surface area contributed by atoms with Crippen molar-refractivity contribution < 1.29 is 4.79 Å². The molecule has 0 spiro atoms. The molecule has 2 aliphatic rings. The maximum atomic E-state index is 11.4. The number of thioether (sulfide) groups is 1. The van der Waals surface area contributed by atoms with Crippen LogP contribution in [0.3, 0.4) is 0 Å². The predicted octanol–water partition coefficient (Wildman–Crippen LogP) is 2.46. The van der Waals surface area contributed by atoms with E-state index in [4.69, 9.17) is 5.73 Å². The number of hydrogen-bond acceptors (Lipinski definition) is 4. The Morgan fingerprint density at radius 3 is 3.11 bits per heavy atom. The Labute approximate surface area is 117 Å². The molecule has 1 unspecified atom stereocenters. The van der Waals surface area contributed by atoms with Crippen LogP contribution in [0, 0.1) is 0 Å². The Morgan fingerprint density at radius 1 is 1.42 bits per heavy atom. The summed E-state index contributed by atoms with van der Waals surface area (Å²) in [7, 11) is 0. The summed E-state index contributed by atoms with van der Waals surface area (Å²) in [6, 6.07) is 3.87. The number of nitrogens with one attached hydrogen (secondary N) is 2. The van der Waals surface area contributed by atoms with Gasteiger partial charge in [0.15, 0.2) is 0 Å². The van der Waals surface area contributed by atoms with Gasteiger partial charge in [0.05, 0.1) is 17.8 Å². The van der Waals surface area contributed by atoms with E-state index in [9.17, 15) is 4.79 Å². The molecule has 19 heavy (non-hydrogen) atoms. The molecule has 1 fully saturated rings. The molecule has 0 bridgehead atoms. The molecule has 2 heterocycles. The average Bonchev–Trinajstić information content (AvgIpc) is 2.76. The topological polar surface area (TPSA) is 67.2 Å². The molecule has 102 valence electrons. The first-order chi connectivity index (χ1) is 9.22. The van der Waals surface area contributed by atoms with Gasteiger partial charge in [-0.25, -0.2) is 0 Å². The molecule has 0 aromatic heterocycles. The molecule has 1 aromatic rings. The minimum atomic E-state index is 0.0504. The molecule has 4 nitrogen and oxygen atoms in total. The number of nitrogen functional groups attached to an aromatic ring is 1. The van der Waals surface area contributed by atoms with Crippen LogP contribution >= 0.6 is 11.8 Å². The lowest BCUT2D eigenvalue weighted by molar-refractivity contribution is -0.115. The number of amides is 1. The smallest absolute Gasteiger partial charge is 0.228 e. The van der Waals surface area contributed by atoms with E-state index in [0.717, 1.165) is 29.2 Å². The molecule has 0 radical (unpaired) electrons. The zero-order chi connectivity index (χ0) is 13.2. The lowest BCUT2D eigenvalue weighted by atomic mass is 10.1. The van der Waals surface area contributed by atoms with Crippen LogP contribution in [0.1, 0.15) is 24.8 Å². The fourth-order valence-electron chi connectivity index (χ4n) is 2.64. The molecule has 1 saturated heterocycles. The van der Waals surface area contributed by atoms with Crippen molar-refractivity contribution in [3.05, 3.63) is 17.7 Å². The van der Waals surface area contributed by atoms with Crippen LogP contribution in [0.4, 0.5) is 17.1 Å². The Balaban J connectivity index is 1.67. The SMILES string of the molecule is Nc1cc2c(cc1NCC1CCCCS1)NC(=O)C2. The number of fused-ring (bicyclic) bond motifs is 1. The average molecular weight is 277 g/mol. The van der Waals surface area contributed by atoms with Crippen molar-refractivity contribution in [2.45, 2.75) is 30.9 Å². The van der Waals surface area contributed by atoms with E-state index in [1.165, 1.54) is 25.0 Å². The summed E-state index contributed by atoms with van der Waals surface area (Å²) in [6.07, 6.45) is 4.39. The highest BCUT2D eigenvalue weighted by atomic mass is 32.2. The van der Waals surface area contributed by atoms with Crippen molar-refractivity contribution in [1.82, 2.24) is 0 Å². The number of rotatable bonds is 3. The van der Waals surface area contributed by atoms with Crippen LogP contribution in [0.2, 0.25) is 0 Å². The fraction of sp³-hybridized carbons (Fsp3) is 0.500. The van der Waals surface area contributed by atoms with Crippen molar-refractivity contribution in [2.75, 3.05) is 28.7 Å². The van der Waals surface area contributed by atoms with E-state index in [1.54, 1.807) is 0 Å². The van der Waals surface area contributed by atoms with Gasteiger partial charge in [0.2, 0.25) is 5.91 Å². The van der Waals surface area contributed by atoms with Crippen LogP contribution < -0.4 is 16.4 Å². The number of nitrogens with two attached hydrogens (primary N) is 1. The third-order valence-electron chi connectivity index (χ3n) is 3.69.